The average molecular weight is 529 g/mol. The Balaban J connectivity index is 0.000000817. The van der Waals surface area contributed by atoms with Crippen LogP contribution in [0.3, 0.4) is 0 Å². The molecule has 1 aliphatic rings. The molecule has 0 saturated carbocycles. The van der Waals surface area contributed by atoms with Gasteiger partial charge in [-0.2, -0.15) is 6.20 Å². The van der Waals surface area contributed by atoms with E-state index < -0.39 is 15.3 Å². The van der Waals surface area contributed by atoms with Gasteiger partial charge in [0.2, 0.25) is 0 Å². The molecule has 1 atom stereocenters. The van der Waals surface area contributed by atoms with Gasteiger partial charge >= 0.3 is 35.0 Å². The minimum atomic E-state index is -2.02. The summed E-state index contributed by atoms with van der Waals surface area (Å²) in [6, 6.07) is 21.5. The summed E-state index contributed by atoms with van der Waals surface area (Å²) in [5.74, 6) is 0.0824. The van der Waals surface area contributed by atoms with E-state index in [0.717, 1.165) is 0 Å². The van der Waals surface area contributed by atoms with Gasteiger partial charge in [0.25, 0.3) is 0 Å². The Hall–Kier alpha value is -0.591. The van der Waals surface area contributed by atoms with Crippen molar-refractivity contribution in [3.63, 3.8) is 0 Å². The van der Waals surface area contributed by atoms with Crippen molar-refractivity contribution in [2.45, 2.75) is 25.4 Å². The van der Waals surface area contributed by atoms with Crippen molar-refractivity contribution in [1.29, 1.82) is 0 Å². The molecule has 2 aromatic rings. The van der Waals surface area contributed by atoms with Crippen LogP contribution < -0.4 is 10.6 Å². The molecular weight excluding hydrogens is 505 g/mol. The summed E-state index contributed by atoms with van der Waals surface area (Å²) in [5, 5.41) is 7.47. The third-order valence-electron chi connectivity index (χ3n) is 3.86. The van der Waals surface area contributed by atoms with Crippen LogP contribution in [0.5, 0.6) is 0 Å². The molecule has 0 radical (unpaired) electrons. The average Bonchev–Trinajstić information content (AvgIpc) is 2.68. The zero-order chi connectivity index (χ0) is 19.8. The van der Waals surface area contributed by atoms with Crippen LogP contribution in [0.25, 0.3) is 5.32 Å². The maximum atomic E-state index is 5.58. The van der Waals surface area contributed by atoms with Crippen molar-refractivity contribution in [3.8, 4) is 0 Å². The Kier molecular flexibility index (Phi) is 9.09. The Labute approximate surface area is 180 Å². The van der Waals surface area contributed by atoms with E-state index in [2.05, 4.69) is 92.5 Å². The van der Waals surface area contributed by atoms with Gasteiger partial charge in [0.15, 0.2) is 8.24 Å². The zero-order valence-corrected chi connectivity index (χ0v) is 20.5. The SMILES string of the molecule is C[Si](C)(C)N=P(c1ccccc1)(c1ccccc1)C1C=CC=C[N-]1.[Cl][Pd][Cl]. The molecule has 0 bridgehead atoms. The predicted molar refractivity (Wildman–Crippen MR) is 122 cm³/mol. The van der Waals surface area contributed by atoms with E-state index in [1.807, 2.05) is 12.3 Å². The number of allylic oxidation sites excluding steroid dienone is 2. The van der Waals surface area contributed by atoms with Gasteiger partial charge < -0.3 is 9.73 Å². The van der Waals surface area contributed by atoms with E-state index in [0.29, 0.717) is 0 Å². The van der Waals surface area contributed by atoms with Crippen LogP contribution in [0.15, 0.2) is 89.5 Å². The fraction of sp³-hybridized carbons (Fsp3) is 0.200. The minimum absolute atomic E-state index is 0.0824. The zero-order valence-electron chi connectivity index (χ0n) is 15.6. The summed E-state index contributed by atoms with van der Waals surface area (Å²) in [4.78, 5) is 0. The third kappa shape index (κ3) is 6.19. The van der Waals surface area contributed by atoms with Gasteiger partial charge in [-0.3, -0.25) is 0 Å². The van der Waals surface area contributed by atoms with Crippen LogP contribution in [0.4, 0.5) is 0 Å². The second-order valence-corrected chi connectivity index (χ2v) is 17.4. The molecule has 0 aliphatic carbocycles. The monoisotopic (exact) mass is 527 g/mol. The Bertz CT molecular complexity index is 777. The van der Waals surface area contributed by atoms with E-state index in [9.17, 15) is 0 Å². The standard InChI is InChI=1S/C20H24N2PSi.2ClH.Pd/c1-24(2,3)22-23(18-12-6-4-7-13-18,19-14-8-5-9-15-19)20-16-10-11-17-21-20;;;/h4-17,20H,1-3H3;2*1H;/q-1;;;+2/p-2. The molecule has 27 heavy (non-hydrogen) atoms. The van der Waals surface area contributed by atoms with Gasteiger partial charge in [-0.05, 0) is 10.6 Å². The van der Waals surface area contributed by atoms with E-state index in [1.165, 1.54) is 10.6 Å². The molecule has 0 N–H and O–H groups in total. The fourth-order valence-electron chi connectivity index (χ4n) is 3.03. The van der Waals surface area contributed by atoms with Crippen LogP contribution in [-0.2, 0) is 15.9 Å². The van der Waals surface area contributed by atoms with Crippen LogP contribution in [-0.4, -0.2) is 14.0 Å². The quantitative estimate of drug-likeness (QED) is 0.307. The first-order chi connectivity index (χ1) is 12.9. The summed E-state index contributed by atoms with van der Waals surface area (Å²) < 4.78 is 5.58. The molecule has 0 spiro atoms. The Morgan fingerprint density at radius 3 is 1.74 bits per heavy atom. The number of halogens is 2. The van der Waals surface area contributed by atoms with Crippen molar-refractivity contribution >= 4 is 45.0 Å². The summed E-state index contributed by atoms with van der Waals surface area (Å²) in [6.45, 7) is 6.95. The summed E-state index contributed by atoms with van der Waals surface area (Å²) in [6.07, 6.45) is 8.25. The van der Waals surface area contributed by atoms with E-state index in [4.69, 9.17) is 28.8 Å². The van der Waals surface area contributed by atoms with Gasteiger partial charge in [-0.15, -0.1) is 0 Å². The van der Waals surface area contributed by atoms with Crippen LogP contribution in [0.2, 0.25) is 19.6 Å². The summed E-state index contributed by atoms with van der Waals surface area (Å²) in [5.41, 5.74) is 0. The molecule has 0 amide bonds. The molecule has 7 heteroatoms. The third-order valence-corrected chi connectivity index (χ3v) is 10.8. The molecule has 1 unspecified atom stereocenters. The van der Waals surface area contributed by atoms with Gasteiger partial charge in [0.1, 0.15) is 0 Å². The van der Waals surface area contributed by atoms with Crippen molar-refractivity contribution < 1.29 is 15.9 Å². The number of rotatable bonds is 4. The predicted octanol–water partition coefficient (Wildman–Crippen LogP) is 6.83. The number of nitrogens with zero attached hydrogens (tertiary/aromatic N) is 2. The first kappa shape index (κ1) is 22.7. The normalized spacial score (nSPS) is 16.3. The van der Waals surface area contributed by atoms with E-state index >= 15 is 0 Å². The molecule has 0 aromatic heterocycles. The molecule has 1 heterocycles. The molecule has 1 aliphatic heterocycles. The molecule has 0 fully saturated rings. The number of hydrogen-bond acceptors (Lipinski definition) is 1. The molecular formula is C20H24Cl2N2PPdSi-. The van der Waals surface area contributed by atoms with Gasteiger partial charge in [0.05, 0.1) is 0 Å². The Morgan fingerprint density at radius 2 is 1.37 bits per heavy atom. The first-order valence-corrected chi connectivity index (χ1v) is 17.8. The van der Waals surface area contributed by atoms with E-state index in [1.54, 1.807) is 0 Å². The van der Waals surface area contributed by atoms with Crippen molar-refractivity contribution in [3.05, 3.63) is 90.4 Å². The van der Waals surface area contributed by atoms with Crippen molar-refractivity contribution in [2.24, 2.45) is 4.41 Å². The molecule has 2 nitrogen and oxygen atoms in total. The second-order valence-electron chi connectivity index (χ2n) is 6.96. The summed E-state index contributed by atoms with van der Waals surface area (Å²) in [7, 11) is 5.93. The molecule has 3 rings (SSSR count). The first-order valence-electron chi connectivity index (χ1n) is 8.54. The van der Waals surface area contributed by atoms with Crippen LogP contribution in [0.1, 0.15) is 0 Å². The maximum absolute atomic E-state index is 5.58. The van der Waals surface area contributed by atoms with E-state index in [-0.39, 0.29) is 21.7 Å². The van der Waals surface area contributed by atoms with Crippen LogP contribution >= 0.6 is 26.1 Å². The van der Waals surface area contributed by atoms with Crippen LogP contribution in [0, 0.1) is 0 Å². The van der Waals surface area contributed by atoms with Crippen molar-refractivity contribution in [1.82, 2.24) is 0 Å². The number of benzene rings is 2. The number of hydrogen-bond donors (Lipinski definition) is 0. The molecule has 0 saturated heterocycles. The second kappa shape index (κ2) is 10.8. The topological polar surface area (TPSA) is 26.5 Å². The summed E-state index contributed by atoms with van der Waals surface area (Å²) >= 11 is -0.106. The Morgan fingerprint density at radius 1 is 0.889 bits per heavy atom. The fourth-order valence-corrected chi connectivity index (χ4v) is 11.0. The van der Waals surface area contributed by atoms with Gasteiger partial charge in [-0.1, -0.05) is 104 Å². The molecule has 148 valence electrons. The van der Waals surface area contributed by atoms with Crippen molar-refractivity contribution in [2.75, 3.05) is 0 Å². The molecule has 2 aromatic carbocycles. The van der Waals surface area contributed by atoms with Gasteiger partial charge in [0, 0.05) is 7.05 Å². The van der Waals surface area contributed by atoms with Gasteiger partial charge in [-0.25, -0.2) is 0 Å².